The fourth-order valence-electron chi connectivity index (χ4n) is 2.29. The molecule has 0 radical (unpaired) electrons. The highest BCUT2D eigenvalue weighted by Crippen LogP contribution is 2.34. The Morgan fingerprint density at radius 1 is 1.39 bits per heavy atom. The predicted molar refractivity (Wildman–Crippen MR) is 71.9 cm³/mol. The summed E-state index contributed by atoms with van der Waals surface area (Å²) in [7, 11) is 1.63. The van der Waals surface area contributed by atoms with Crippen molar-refractivity contribution >= 4 is 11.6 Å². The first kappa shape index (κ1) is 12.9. The molecule has 4 nitrogen and oxygen atoms in total. The third-order valence-electron chi connectivity index (χ3n) is 3.48. The van der Waals surface area contributed by atoms with Crippen molar-refractivity contribution in [1.29, 1.82) is 0 Å². The molecular formula is C14H20N2O2. The van der Waals surface area contributed by atoms with Gasteiger partial charge in [-0.15, -0.1) is 0 Å². The fraction of sp³-hybridized carbons (Fsp3) is 0.500. The molecule has 1 aromatic rings. The molecule has 1 unspecified atom stereocenters. The average Bonchev–Trinajstić information content (AvgIpc) is 2.70. The number of fused-ring (bicyclic) bond motifs is 1. The van der Waals surface area contributed by atoms with Crippen LogP contribution < -0.4 is 15.4 Å². The molecule has 0 saturated carbocycles. The van der Waals surface area contributed by atoms with Gasteiger partial charge in [-0.2, -0.15) is 0 Å². The molecule has 1 heterocycles. The zero-order valence-corrected chi connectivity index (χ0v) is 11.1. The van der Waals surface area contributed by atoms with Crippen LogP contribution in [0.3, 0.4) is 0 Å². The lowest BCUT2D eigenvalue weighted by Gasteiger charge is -2.19. The third-order valence-corrected chi connectivity index (χ3v) is 3.48. The minimum absolute atomic E-state index is 0.0187. The summed E-state index contributed by atoms with van der Waals surface area (Å²) < 4.78 is 5.21. The van der Waals surface area contributed by atoms with E-state index >= 15 is 0 Å². The molecule has 0 bridgehead atoms. The smallest absolute Gasteiger partial charge is 0.246 e. The highest BCUT2D eigenvalue weighted by atomic mass is 16.5. The number of nitrogens with one attached hydrogen (secondary N) is 2. The molecule has 4 heteroatoms. The van der Waals surface area contributed by atoms with E-state index in [2.05, 4.69) is 24.5 Å². The van der Waals surface area contributed by atoms with Crippen molar-refractivity contribution < 1.29 is 9.53 Å². The van der Waals surface area contributed by atoms with Crippen LogP contribution in [-0.2, 0) is 4.79 Å². The molecule has 0 saturated heterocycles. The van der Waals surface area contributed by atoms with Gasteiger partial charge in [0.05, 0.1) is 7.11 Å². The maximum Gasteiger partial charge on any atom is 0.246 e. The Morgan fingerprint density at radius 2 is 2.11 bits per heavy atom. The lowest BCUT2D eigenvalue weighted by atomic mass is 10.0. The summed E-state index contributed by atoms with van der Waals surface area (Å²) in [6.07, 6.45) is 2.03. The number of methoxy groups -OCH3 is 1. The zero-order valence-electron chi connectivity index (χ0n) is 11.1. The molecule has 1 aromatic carbocycles. The van der Waals surface area contributed by atoms with Gasteiger partial charge in [0.2, 0.25) is 5.91 Å². The monoisotopic (exact) mass is 248 g/mol. The molecule has 1 aliphatic heterocycles. The molecule has 1 amide bonds. The molecule has 98 valence electrons. The number of anilines is 1. The molecule has 1 atom stereocenters. The average molecular weight is 248 g/mol. The normalized spacial score (nSPS) is 17.8. The molecule has 0 spiro atoms. The maximum absolute atomic E-state index is 12.0. The van der Waals surface area contributed by atoms with E-state index in [1.165, 1.54) is 0 Å². The van der Waals surface area contributed by atoms with Gasteiger partial charge in [0.25, 0.3) is 0 Å². The van der Waals surface area contributed by atoms with Crippen LogP contribution in [0.25, 0.3) is 0 Å². The summed E-state index contributed by atoms with van der Waals surface area (Å²) in [6.45, 7) is 4.25. The van der Waals surface area contributed by atoms with Crippen LogP contribution >= 0.6 is 0 Å². The molecule has 0 aliphatic carbocycles. The molecule has 0 fully saturated rings. The SMILES string of the molecule is CCC(CC)NC1C(=O)Nc2ccc(OC)cc21. The van der Waals surface area contributed by atoms with Gasteiger partial charge in [-0.05, 0) is 31.0 Å². The number of carbonyl (C=O) groups is 1. The van der Waals surface area contributed by atoms with Crippen LogP contribution in [0.2, 0.25) is 0 Å². The van der Waals surface area contributed by atoms with E-state index in [4.69, 9.17) is 4.74 Å². The number of hydrogen-bond donors (Lipinski definition) is 2. The summed E-state index contributed by atoms with van der Waals surface area (Å²) in [6, 6.07) is 5.77. The van der Waals surface area contributed by atoms with Crippen molar-refractivity contribution in [3.8, 4) is 5.75 Å². The van der Waals surface area contributed by atoms with Gasteiger partial charge in [-0.3, -0.25) is 10.1 Å². The lowest BCUT2D eigenvalue weighted by molar-refractivity contribution is -0.117. The zero-order chi connectivity index (χ0) is 13.1. The Morgan fingerprint density at radius 3 is 2.72 bits per heavy atom. The summed E-state index contributed by atoms with van der Waals surface area (Å²) in [5.41, 5.74) is 1.86. The van der Waals surface area contributed by atoms with Gasteiger partial charge in [0.1, 0.15) is 11.8 Å². The van der Waals surface area contributed by atoms with Crippen molar-refractivity contribution in [2.24, 2.45) is 0 Å². The molecule has 0 aromatic heterocycles. The summed E-state index contributed by atoms with van der Waals surface area (Å²) >= 11 is 0. The second-order valence-corrected chi connectivity index (χ2v) is 4.56. The van der Waals surface area contributed by atoms with Crippen molar-refractivity contribution in [3.05, 3.63) is 23.8 Å². The Bertz CT molecular complexity index is 441. The first-order valence-electron chi connectivity index (χ1n) is 6.44. The minimum atomic E-state index is -0.264. The van der Waals surface area contributed by atoms with Crippen LogP contribution in [0.5, 0.6) is 5.75 Å². The number of ether oxygens (including phenoxy) is 1. The molecule has 1 aliphatic rings. The van der Waals surface area contributed by atoms with E-state index in [9.17, 15) is 4.79 Å². The van der Waals surface area contributed by atoms with E-state index in [0.717, 1.165) is 29.8 Å². The molecular weight excluding hydrogens is 228 g/mol. The van der Waals surface area contributed by atoms with Gasteiger partial charge in [0, 0.05) is 17.3 Å². The second-order valence-electron chi connectivity index (χ2n) is 4.56. The quantitative estimate of drug-likeness (QED) is 0.841. The number of rotatable bonds is 5. The van der Waals surface area contributed by atoms with Crippen LogP contribution in [-0.4, -0.2) is 19.1 Å². The van der Waals surface area contributed by atoms with E-state index in [1.54, 1.807) is 7.11 Å². The van der Waals surface area contributed by atoms with Crippen molar-refractivity contribution in [3.63, 3.8) is 0 Å². The number of carbonyl (C=O) groups excluding carboxylic acids is 1. The van der Waals surface area contributed by atoms with Gasteiger partial charge in [-0.25, -0.2) is 0 Å². The first-order valence-corrected chi connectivity index (χ1v) is 6.44. The molecule has 2 rings (SSSR count). The number of benzene rings is 1. The Kier molecular flexibility index (Phi) is 3.87. The summed E-state index contributed by atoms with van der Waals surface area (Å²) in [5.74, 6) is 0.798. The molecule has 2 N–H and O–H groups in total. The van der Waals surface area contributed by atoms with E-state index in [0.29, 0.717) is 6.04 Å². The lowest BCUT2D eigenvalue weighted by Crippen LogP contribution is -2.35. The van der Waals surface area contributed by atoms with Gasteiger partial charge < -0.3 is 10.1 Å². The highest BCUT2D eigenvalue weighted by Gasteiger charge is 2.31. The van der Waals surface area contributed by atoms with Crippen LogP contribution in [0.4, 0.5) is 5.69 Å². The fourth-order valence-corrected chi connectivity index (χ4v) is 2.29. The largest absolute Gasteiger partial charge is 0.497 e. The highest BCUT2D eigenvalue weighted by molar-refractivity contribution is 6.02. The van der Waals surface area contributed by atoms with Crippen LogP contribution in [0.15, 0.2) is 18.2 Å². The van der Waals surface area contributed by atoms with E-state index in [1.807, 2.05) is 18.2 Å². The van der Waals surface area contributed by atoms with Crippen molar-refractivity contribution in [2.45, 2.75) is 38.8 Å². The van der Waals surface area contributed by atoms with Crippen LogP contribution in [0, 0.1) is 0 Å². The Balaban J connectivity index is 2.25. The predicted octanol–water partition coefficient (Wildman–Crippen LogP) is 2.47. The van der Waals surface area contributed by atoms with Gasteiger partial charge in [-0.1, -0.05) is 13.8 Å². The topological polar surface area (TPSA) is 50.4 Å². The van der Waals surface area contributed by atoms with E-state index < -0.39 is 0 Å². The third kappa shape index (κ3) is 2.34. The Labute approximate surface area is 108 Å². The summed E-state index contributed by atoms with van der Waals surface area (Å²) in [4.78, 5) is 12.0. The number of hydrogen-bond acceptors (Lipinski definition) is 3. The Hall–Kier alpha value is -1.55. The van der Waals surface area contributed by atoms with Crippen LogP contribution in [0.1, 0.15) is 38.3 Å². The standard InChI is InChI=1S/C14H20N2O2/c1-4-9(5-2)15-13-11-8-10(18-3)6-7-12(11)16-14(13)17/h6-9,13,15H,4-5H2,1-3H3,(H,16,17). The second kappa shape index (κ2) is 5.40. The van der Waals surface area contributed by atoms with Gasteiger partial charge in [0.15, 0.2) is 0 Å². The first-order chi connectivity index (χ1) is 8.69. The van der Waals surface area contributed by atoms with Crippen molar-refractivity contribution in [1.82, 2.24) is 5.32 Å². The molecule has 18 heavy (non-hydrogen) atoms. The van der Waals surface area contributed by atoms with Crippen molar-refractivity contribution in [2.75, 3.05) is 12.4 Å². The minimum Gasteiger partial charge on any atom is -0.497 e. The van der Waals surface area contributed by atoms with E-state index in [-0.39, 0.29) is 11.9 Å². The van der Waals surface area contributed by atoms with Gasteiger partial charge >= 0.3 is 0 Å². The maximum atomic E-state index is 12.0. The number of amides is 1. The summed E-state index contributed by atoms with van der Waals surface area (Å²) in [5, 5.41) is 6.30.